The molecule has 0 bridgehead atoms. The summed E-state index contributed by atoms with van der Waals surface area (Å²) in [5, 5.41) is 7.16. The number of hydrogen-bond acceptors (Lipinski definition) is 4. The smallest absolute Gasteiger partial charge is 0.325 e. The first-order chi connectivity index (χ1) is 12.7. The topological polar surface area (TPSA) is 52.7 Å². The number of carbonyl (C=O) groups excluding carboxylic acids is 2. The zero-order chi connectivity index (χ0) is 18.0. The molecule has 5 nitrogen and oxygen atoms in total. The Morgan fingerprint density at radius 2 is 1.88 bits per heavy atom. The number of imide groups is 1. The Kier molecular flexibility index (Phi) is 4.68. The monoisotopic (exact) mass is 369 g/mol. The summed E-state index contributed by atoms with van der Waals surface area (Å²) in [5.74, 6) is -0.0384. The Hall–Kier alpha value is -2.34. The second kappa shape index (κ2) is 7.11. The van der Waals surface area contributed by atoms with Crippen LogP contribution < -0.4 is 10.2 Å². The van der Waals surface area contributed by atoms with Crippen molar-refractivity contribution in [1.82, 2.24) is 10.2 Å². The van der Waals surface area contributed by atoms with Crippen molar-refractivity contribution in [3.63, 3.8) is 0 Å². The zero-order valence-electron chi connectivity index (χ0n) is 14.7. The average Bonchev–Trinajstić information content (AvgIpc) is 3.38. The van der Waals surface area contributed by atoms with Crippen molar-refractivity contribution in [2.45, 2.75) is 37.8 Å². The predicted molar refractivity (Wildman–Crippen MR) is 103 cm³/mol. The standard InChI is InChI=1S/C20H23N3O2S/c24-18-20(9-4-5-10-20)21-19(25)23(18)12-11-22(14-16-8-13-26-15-16)17-6-2-1-3-7-17/h1-3,6-8,13,15H,4-5,9-12,14H2,(H,21,25). The lowest BCUT2D eigenvalue weighted by atomic mass is 9.98. The summed E-state index contributed by atoms with van der Waals surface area (Å²) >= 11 is 1.68. The molecule has 0 radical (unpaired) electrons. The first-order valence-corrected chi connectivity index (χ1v) is 10.1. The van der Waals surface area contributed by atoms with Gasteiger partial charge in [0.25, 0.3) is 5.91 Å². The molecule has 3 amide bonds. The summed E-state index contributed by atoms with van der Waals surface area (Å²) in [6.07, 6.45) is 3.55. The van der Waals surface area contributed by atoms with E-state index in [0.717, 1.165) is 37.9 Å². The predicted octanol–water partition coefficient (Wildman–Crippen LogP) is 3.62. The molecule has 1 aromatic carbocycles. The van der Waals surface area contributed by atoms with Crippen molar-refractivity contribution in [1.29, 1.82) is 0 Å². The summed E-state index contributed by atoms with van der Waals surface area (Å²) in [7, 11) is 0. The van der Waals surface area contributed by atoms with Gasteiger partial charge in [-0.1, -0.05) is 31.0 Å². The van der Waals surface area contributed by atoms with Gasteiger partial charge in [0.05, 0.1) is 0 Å². The molecule has 1 aliphatic carbocycles. The number of para-hydroxylation sites is 1. The van der Waals surface area contributed by atoms with Crippen LogP contribution in [-0.4, -0.2) is 35.5 Å². The van der Waals surface area contributed by atoms with E-state index in [2.05, 4.69) is 39.2 Å². The summed E-state index contributed by atoms with van der Waals surface area (Å²) in [6.45, 7) is 1.79. The number of rotatable bonds is 6. The van der Waals surface area contributed by atoms with Gasteiger partial charge in [0.1, 0.15) is 5.54 Å². The van der Waals surface area contributed by atoms with Gasteiger partial charge >= 0.3 is 6.03 Å². The van der Waals surface area contributed by atoms with Crippen LogP contribution in [0.4, 0.5) is 10.5 Å². The van der Waals surface area contributed by atoms with E-state index in [1.807, 2.05) is 18.2 Å². The Labute approximate surface area is 157 Å². The van der Waals surface area contributed by atoms with Crippen LogP contribution in [0.3, 0.4) is 0 Å². The van der Waals surface area contributed by atoms with E-state index < -0.39 is 5.54 Å². The van der Waals surface area contributed by atoms with Gasteiger partial charge < -0.3 is 10.2 Å². The molecular weight excluding hydrogens is 346 g/mol. The van der Waals surface area contributed by atoms with Crippen molar-refractivity contribution in [2.75, 3.05) is 18.0 Å². The van der Waals surface area contributed by atoms with E-state index in [1.54, 1.807) is 11.3 Å². The molecule has 1 aliphatic heterocycles. The summed E-state index contributed by atoms with van der Waals surface area (Å²) in [5.41, 5.74) is 1.71. The highest BCUT2D eigenvalue weighted by molar-refractivity contribution is 7.07. The molecule has 1 saturated carbocycles. The highest BCUT2D eigenvalue weighted by Gasteiger charge is 2.52. The van der Waals surface area contributed by atoms with Crippen molar-refractivity contribution in [2.24, 2.45) is 0 Å². The Balaban J connectivity index is 1.48. The lowest BCUT2D eigenvalue weighted by molar-refractivity contribution is -0.131. The lowest BCUT2D eigenvalue weighted by Crippen LogP contribution is -2.44. The SMILES string of the molecule is O=C1NC2(CCCC2)C(=O)N1CCN(Cc1ccsc1)c1ccccc1. The molecule has 2 heterocycles. The molecule has 0 atom stereocenters. The van der Waals surface area contributed by atoms with Gasteiger partial charge in [-0.05, 0) is 47.4 Å². The van der Waals surface area contributed by atoms with Crippen LogP contribution in [0.1, 0.15) is 31.2 Å². The van der Waals surface area contributed by atoms with Crippen molar-refractivity contribution >= 4 is 29.0 Å². The number of hydrogen-bond donors (Lipinski definition) is 1. The van der Waals surface area contributed by atoms with E-state index >= 15 is 0 Å². The number of thiophene rings is 1. The van der Waals surface area contributed by atoms with E-state index in [0.29, 0.717) is 13.1 Å². The Morgan fingerprint density at radius 3 is 2.58 bits per heavy atom. The third-order valence-corrected chi connectivity index (χ3v) is 6.10. The maximum Gasteiger partial charge on any atom is 0.325 e. The maximum atomic E-state index is 12.8. The summed E-state index contributed by atoms with van der Waals surface area (Å²) in [6, 6.07) is 12.0. The fraction of sp³-hybridized carbons (Fsp3) is 0.400. The number of carbonyl (C=O) groups is 2. The van der Waals surface area contributed by atoms with Crippen LogP contribution in [0.5, 0.6) is 0 Å². The highest BCUT2D eigenvalue weighted by atomic mass is 32.1. The second-order valence-corrected chi connectivity index (χ2v) is 7.84. The molecule has 0 unspecified atom stereocenters. The van der Waals surface area contributed by atoms with Gasteiger partial charge in [-0.25, -0.2) is 4.79 Å². The summed E-state index contributed by atoms with van der Waals surface area (Å²) in [4.78, 5) is 28.9. The Bertz CT molecular complexity index is 770. The fourth-order valence-corrected chi connectivity index (χ4v) is 4.62. The molecule has 26 heavy (non-hydrogen) atoms. The number of amides is 3. The number of urea groups is 1. The van der Waals surface area contributed by atoms with E-state index in [4.69, 9.17) is 0 Å². The largest absolute Gasteiger partial charge is 0.365 e. The number of anilines is 1. The van der Waals surface area contributed by atoms with E-state index in [9.17, 15) is 9.59 Å². The first-order valence-electron chi connectivity index (χ1n) is 9.13. The van der Waals surface area contributed by atoms with Crippen molar-refractivity contribution in [3.05, 3.63) is 52.7 Å². The zero-order valence-corrected chi connectivity index (χ0v) is 15.5. The maximum absolute atomic E-state index is 12.8. The van der Waals surface area contributed by atoms with Crippen molar-refractivity contribution in [3.8, 4) is 0 Å². The minimum atomic E-state index is -0.623. The fourth-order valence-electron chi connectivity index (χ4n) is 3.96. The first kappa shape index (κ1) is 17.1. The number of nitrogens with zero attached hydrogens (tertiary/aromatic N) is 2. The third-order valence-electron chi connectivity index (χ3n) is 5.37. The molecule has 1 spiro atoms. The third kappa shape index (κ3) is 3.21. The van der Waals surface area contributed by atoms with Gasteiger partial charge in [-0.2, -0.15) is 11.3 Å². The molecule has 6 heteroatoms. The summed E-state index contributed by atoms with van der Waals surface area (Å²) < 4.78 is 0. The van der Waals surface area contributed by atoms with Crippen LogP contribution in [0.15, 0.2) is 47.2 Å². The molecular formula is C20H23N3O2S. The minimum absolute atomic E-state index is 0.0384. The minimum Gasteiger partial charge on any atom is -0.365 e. The van der Waals surface area contributed by atoms with Gasteiger partial charge in [0.2, 0.25) is 0 Å². The second-order valence-electron chi connectivity index (χ2n) is 7.06. The molecule has 2 fully saturated rings. The van der Waals surface area contributed by atoms with Crippen LogP contribution >= 0.6 is 11.3 Å². The van der Waals surface area contributed by atoms with Crippen LogP contribution in [0.25, 0.3) is 0 Å². The number of benzene rings is 1. The molecule has 2 aliphatic rings. The van der Waals surface area contributed by atoms with Gasteiger partial charge in [-0.15, -0.1) is 0 Å². The van der Waals surface area contributed by atoms with E-state index in [-0.39, 0.29) is 11.9 Å². The van der Waals surface area contributed by atoms with Crippen molar-refractivity contribution < 1.29 is 9.59 Å². The molecule has 1 saturated heterocycles. The quantitative estimate of drug-likeness (QED) is 0.791. The average molecular weight is 369 g/mol. The van der Waals surface area contributed by atoms with Gasteiger partial charge in [-0.3, -0.25) is 9.69 Å². The molecule has 136 valence electrons. The number of nitrogens with one attached hydrogen (secondary N) is 1. The molecule has 1 aromatic heterocycles. The molecule has 2 aromatic rings. The lowest BCUT2D eigenvalue weighted by Gasteiger charge is -2.27. The normalized spacial score (nSPS) is 18.5. The van der Waals surface area contributed by atoms with Crippen LogP contribution in [0, 0.1) is 0 Å². The highest BCUT2D eigenvalue weighted by Crippen LogP contribution is 2.35. The van der Waals surface area contributed by atoms with Gasteiger partial charge in [0, 0.05) is 25.3 Å². The van der Waals surface area contributed by atoms with Crippen LogP contribution in [0.2, 0.25) is 0 Å². The molecule has 4 rings (SSSR count). The van der Waals surface area contributed by atoms with E-state index in [1.165, 1.54) is 10.5 Å². The Morgan fingerprint density at radius 1 is 1.12 bits per heavy atom. The van der Waals surface area contributed by atoms with Crippen LogP contribution in [-0.2, 0) is 11.3 Å². The van der Waals surface area contributed by atoms with Gasteiger partial charge in [0.15, 0.2) is 0 Å². The molecule has 1 N–H and O–H groups in total.